The third-order valence-corrected chi connectivity index (χ3v) is 7.88. The van der Waals surface area contributed by atoms with Gasteiger partial charge in [-0.05, 0) is 36.3 Å². The summed E-state index contributed by atoms with van der Waals surface area (Å²) in [4.78, 5) is 10.8. The van der Waals surface area contributed by atoms with Crippen molar-refractivity contribution in [2.45, 2.75) is 45.3 Å². The number of carboxylic acids is 1. The van der Waals surface area contributed by atoms with Crippen molar-refractivity contribution in [3.8, 4) is 5.75 Å². The lowest BCUT2D eigenvalue weighted by Gasteiger charge is -2.37. The summed E-state index contributed by atoms with van der Waals surface area (Å²) in [5.41, 5.74) is 0.386. The fourth-order valence-corrected chi connectivity index (χ4v) is 2.43. The monoisotopic (exact) mass is 284 g/mol. The van der Waals surface area contributed by atoms with Crippen LogP contribution in [0.4, 0.5) is 4.39 Å². The van der Waals surface area contributed by atoms with E-state index in [0.717, 1.165) is 0 Å². The van der Waals surface area contributed by atoms with Crippen LogP contribution in [-0.4, -0.2) is 19.4 Å². The lowest BCUT2D eigenvalue weighted by Crippen LogP contribution is -2.44. The molecule has 0 radical (unpaired) electrons. The Morgan fingerprint density at radius 1 is 1.37 bits per heavy atom. The van der Waals surface area contributed by atoms with Gasteiger partial charge in [-0.2, -0.15) is 0 Å². The van der Waals surface area contributed by atoms with Gasteiger partial charge in [0.2, 0.25) is 8.32 Å². The molecule has 0 aliphatic heterocycles. The van der Waals surface area contributed by atoms with Gasteiger partial charge in [-0.3, -0.25) is 4.79 Å². The predicted molar refractivity (Wildman–Crippen MR) is 75.6 cm³/mol. The molecule has 0 heterocycles. The lowest BCUT2D eigenvalue weighted by molar-refractivity contribution is -0.136. The minimum Gasteiger partial charge on any atom is -0.543 e. The highest BCUT2D eigenvalue weighted by atomic mass is 28.4. The molecule has 0 aromatic heterocycles. The van der Waals surface area contributed by atoms with Crippen LogP contribution in [-0.2, 0) is 11.2 Å². The molecule has 5 heteroatoms. The van der Waals surface area contributed by atoms with E-state index in [1.807, 2.05) is 0 Å². The topological polar surface area (TPSA) is 46.5 Å². The summed E-state index contributed by atoms with van der Waals surface area (Å²) < 4.78 is 19.3. The highest BCUT2D eigenvalue weighted by Gasteiger charge is 2.39. The zero-order valence-electron chi connectivity index (χ0n) is 12.1. The van der Waals surface area contributed by atoms with E-state index < -0.39 is 20.1 Å². The van der Waals surface area contributed by atoms with Gasteiger partial charge in [0, 0.05) is 5.56 Å². The molecular weight excluding hydrogens is 263 g/mol. The third kappa shape index (κ3) is 4.06. The Bertz CT molecular complexity index is 478. The van der Waals surface area contributed by atoms with E-state index in [9.17, 15) is 9.18 Å². The van der Waals surface area contributed by atoms with Gasteiger partial charge < -0.3 is 9.53 Å². The van der Waals surface area contributed by atoms with Crippen molar-refractivity contribution < 1.29 is 18.7 Å². The van der Waals surface area contributed by atoms with Crippen molar-refractivity contribution in [1.29, 1.82) is 0 Å². The van der Waals surface area contributed by atoms with Crippen molar-refractivity contribution >= 4 is 14.3 Å². The lowest BCUT2D eigenvalue weighted by atomic mass is 10.1. The van der Waals surface area contributed by atoms with Crippen molar-refractivity contribution in [3.63, 3.8) is 0 Å². The van der Waals surface area contributed by atoms with E-state index in [1.54, 1.807) is 0 Å². The second-order valence-electron chi connectivity index (χ2n) is 6.18. The Morgan fingerprint density at radius 2 is 1.95 bits per heavy atom. The first-order chi connectivity index (χ1) is 8.53. The van der Waals surface area contributed by atoms with Crippen molar-refractivity contribution in [1.82, 2.24) is 0 Å². The number of aliphatic carboxylic acids is 1. The Kier molecular flexibility index (Phi) is 4.40. The van der Waals surface area contributed by atoms with Gasteiger partial charge in [0.1, 0.15) is 11.6 Å². The van der Waals surface area contributed by atoms with E-state index in [4.69, 9.17) is 9.53 Å². The quantitative estimate of drug-likeness (QED) is 0.855. The number of rotatable bonds is 4. The molecule has 106 valence electrons. The second-order valence-corrected chi connectivity index (χ2v) is 10.9. The van der Waals surface area contributed by atoms with E-state index in [-0.39, 0.29) is 11.5 Å². The van der Waals surface area contributed by atoms with Crippen LogP contribution < -0.4 is 4.43 Å². The number of benzene rings is 1. The molecule has 1 aromatic carbocycles. The Balaban J connectivity index is 3.10. The van der Waals surface area contributed by atoms with Gasteiger partial charge in [-0.1, -0.05) is 20.8 Å². The fraction of sp³-hybridized carbons (Fsp3) is 0.500. The largest absolute Gasteiger partial charge is 0.543 e. The Labute approximate surface area is 114 Å². The van der Waals surface area contributed by atoms with Gasteiger partial charge in [0.05, 0.1) is 6.42 Å². The van der Waals surface area contributed by atoms with Crippen LogP contribution in [0.5, 0.6) is 5.75 Å². The van der Waals surface area contributed by atoms with E-state index in [2.05, 4.69) is 33.9 Å². The fourth-order valence-electron chi connectivity index (χ4n) is 1.38. The van der Waals surface area contributed by atoms with E-state index in [1.165, 1.54) is 18.2 Å². The molecule has 19 heavy (non-hydrogen) atoms. The number of hydrogen-bond donors (Lipinski definition) is 1. The number of carbonyl (C=O) groups is 1. The minimum absolute atomic E-state index is 0.00186. The highest BCUT2D eigenvalue weighted by Crippen LogP contribution is 2.38. The normalized spacial score (nSPS) is 12.3. The molecule has 0 saturated heterocycles. The van der Waals surface area contributed by atoms with Crippen LogP contribution in [0.25, 0.3) is 0 Å². The summed E-state index contributed by atoms with van der Waals surface area (Å²) in [5.74, 6) is -0.958. The molecule has 1 aromatic rings. The summed E-state index contributed by atoms with van der Waals surface area (Å²) in [6, 6.07) is 4.05. The average Bonchev–Trinajstić information content (AvgIpc) is 2.19. The second kappa shape index (κ2) is 5.33. The minimum atomic E-state index is -2.06. The van der Waals surface area contributed by atoms with Gasteiger partial charge in [0.25, 0.3) is 0 Å². The standard InChI is InChI=1S/C14H21FO3Si/c1-14(2,3)19(4,5)18-12-7-6-11(15)8-10(12)9-13(16)17/h6-8H,9H2,1-5H3,(H,16,17). The maximum Gasteiger partial charge on any atom is 0.307 e. The van der Waals surface area contributed by atoms with Crippen LogP contribution in [0.2, 0.25) is 18.1 Å². The van der Waals surface area contributed by atoms with Crippen LogP contribution >= 0.6 is 0 Å². The van der Waals surface area contributed by atoms with Crippen LogP contribution in [0.1, 0.15) is 26.3 Å². The molecule has 0 aliphatic rings. The predicted octanol–water partition coefficient (Wildman–Crippen LogP) is 3.84. The summed E-state index contributed by atoms with van der Waals surface area (Å²) in [6.45, 7) is 10.4. The number of hydrogen-bond acceptors (Lipinski definition) is 2. The third-order valence-electron chi connectivity index (χ3n) is 3.54. The maximum absolute atomic E-state index is 13.2. The first-order valence-electron chi connectivity index (χ1n) is 6.22. The molecule has 0 bridgehead atoms. The van der Waals surface area contributed by atoms with Gasteiger partial charge in [-0.25, -0.2) is 4.39 Å². The molecule has 0 aliphatic carbocycles. The van der Waals surface area contributed by atoms with Gasteiger partial charge in [-0.15, -0.1) is 0 Å². The zero-order valence-corrected chi connectivity index (χ0v) is 13.1. The van der Waals surface area contributed by atoms with Crippen LogP contribution in [0, 0.1) is 5.82 Å². The number of carboxylic acid groups (broad SMARTS) is 1. The van der Waals surface area contributed by atoms with Crippen molar-refractivity contribution in [3.05, 3.63) is 29.6 Å². The number of halogens is 1. The molecule has 0 saturated carbocycles. The molecule has 0 unspecified atom stereocenters. The Hall–Kier alpha value is -1.36. The van der Waals surface area contributed by atoms with Gasteiger partial charge >= 0.3 is 5.97 Å². The first-order valence-corrected chi connectivity index (χ1v) is 9.13. The molecular formula is C14H21FO3Si. The SMILES string of the molecule is CC(C)(C)[Si](C)(C)Oc1ccc(F)cc1CC(=O)O. The molecule has 1 rings (SSSR count). The molecule has 0 atom stereocenters. The van der Waals surface area contributed by atoms with Crippen molar-refractivity contribution in [2.75, 3.05) is 0 Å². The zero-order chi connectivity index (χ0) is 14.8. The summed E-state index contributed by atoms with van der Waals surface area (Å²) >= 11 is 0. The van der Waals surface area contributed by atoms with Crippen molar-refractivity contribution in [2.24, 2.45) is 0 Å². The first kappa shape index (κ1) is 15.7. The highest BCUT2D eigenvalue weighted by molar-refractivity contribution is 6.74. The molecule has 0 amide bonds. The molecule has 3 nitrogen and oxygen atoms in total. The molecule has 1 N–H and O–H groups in total. The molecule has 0 fully saturated rings. The average molecular weight is 284 g/mol. The summed E-state index contributed by atoms with van der Waals surface area (Å²) in [7, 11) is -2.06. The summed E-state index contributed by atoms with van der Waals surface area (Å²) in [6.07, 6.45) is -0.234. The summed E-state index contributed by atoms with van der Waals surface area (Å²) in [5, 5.41) is 8.88. The van der Waals surface area contributed by atoms with Gasteiger partial charge in [0.15, 0.2) is 0 Å². The van der Waals surface area contributed by atoms with E-state index >= 15 is 0 Å². The smallest absolute Gasteiger partial charge is 0.307 e. The van der Waals surface area contributed by atoms with Crippen LogP contribution in [0.3, 0.4) is 0 Å². The van der Waals surface area contributed by atoms with Crippen LogP contribution in [0.15, 0.2) is 18.2 Å². The van der Waals surface area contributed by atoms with E-state index in [0.29, 0.717) is 11.3 Å². The Morgan fingerprint density at radius 3 is 2.42 bits per heavy atom. The maximum atomic E-state index is 13.2. The molecule has 0 spiro atoms.